The van der Waals surface area contributed by atoms with E-state index in [0.29, 0.717) is 0 Å². The van der Waals surface area contributed by atoms with Gasteiger partial charge in [0.1, 0.15) is 0 Å². The highest BCUT2D eigenvalue weighted by Gasteiger charge is 2.00. The summed E-state index contributed by atoms with van der Waals surface area (Å²) in [5.41, 5.74) is 0.739. The molecule has 1 N–H and O–H groups in total. The van der Waals surface area contributed by atoms with Crippen molar-refractivity contribution < 1.29 is 9.13 Å². The summed E-state index contributed by atoms with van der Waals surface area (Å²) in [5, 5.41) is 2.82. The monoisotopic (exact) mass is 215 g/mol. The number of benzene rings is 1. The number of methoxy groups -OCH3 is 1. The first kappa shape index (κ1) is 16.2. The molecular weight excluding hydrogens is 193 g/mol. The molecule has 1 aromatic rings. The van der Waals surface area contributed by atoms with Crippen LogP contribution < -0.4 is 10.1 Å². The lowest BCUT2D eigenvalue weighted by Gasteiger charge is -2.03. The van der Waals surface area contributed by atoms with E-state index in [-0.39, 0.29) is 11.6 Å². The average molecular weight is 215 g/mol. The van der Waals surface area contributed by atoms with Crippen LogP contribution in [0.3, 0.4) is 0 Å². The fourth-order valence-corrected chi connectivity index (χ4v) is 0.822. The molecular formula is C12H22FNO. The lowest BCUT2D eigenvalue weighted by atomic mass is 10.3. The normalized spacial score (nSPS) is 7.67. The van der Waals surface area contributed by atoms with Crippen molar-refractivity contribution in [3.63, 3.8) is 0 Å². The molecule has 0 saturated heterocycles. The maximum absolute atomic E-state index is 12.9. The lowest BCUT2D eigenvalue weighted by molar-refractivity contribution is 0.386. The zero-order chi connectivity index (χ0) is 12.3. The average Bonchev–Trinajstić information content (AvgIpc) is 2.34. The van der Waals surface area contributed by atoms with E-state index in [4.69, 9.17) is 4.74 Å². The van der Waals surface area contributed by atoms with Crippen LogP contribution in [0, 0.1) is 5.82 Å². The summed E-state index contributed by atoms with van der Waals surface area (Å²) in [6.45, 7) is 8.00. The molecule has 1 rings (SSSR count). The minimum Gasteiger partial charge on any atom is -0.494 e. The van der Waals surface area contributed by atoms with Crippen molar-refractivity contribution in [1.82, 2.24) is 0 Å². The lowest BCUT2D eigenvalue weighted by Crippen LogP contribution is -1.91. The van der Waals surface area contributed by atoms with Crippen molar-refractivity contribution in [3.8, 4) is 5.75 Å². The SMILES string of the molecule is CC.CC.CNc1ccc(OC)c(F)c1. The third kappa shape index (κ3) is 5.94. The summed E-state index contributed by atoms with van der Waals surface area (Å²) in [4.78, 5) is 0. The predicted molar refractivity (Wildman–Crippen MR) is 65.2 cm³/mol. The maximum atomic E-state index is 12.9. The second-order valence-corrected chi connectivity index (χ2v) is 2.10. The fourth-order valence-electron chi connectivity index (χ4n) is 0.822. The molecule has 0 radical (unpaired) electrons. The highest BCUT2D eigenvalue weighted by Crippen LogP contribution is 2.19. The fraction of sp³-hybridized carbons (Fsp3) is 0.500. The Labute approximate surface area is 92.5 Å². The number of rotatable bonds is 2. The molecule has 0 unspecified atom stereocenters. The summed E-state index contributed by atoms with van der Waals surface area (Å²) in [5.74, 6) is -0.0802. The van der Waals surface area contributed by atoms with Gasteiger partial charge < -0.3 is 10.1 Å². The molecule has 0 saturated carbocycles. The van der Waals surface area contributed by atoms with Crippen molar-refractivity contribution >= 4 is 5.69 Å². The zero-order valence-corrected chi connectivity index (χ0v) is 10.5. The van der Waals surface area contributed by atoms with Crippen molar-refractivity contribution in [2.45, 2.75) is 27.7 Å². The molecule has 0 aliphatic carbocycles. The van der Waals surface area contributed by atoms with E-state index in [1.807, 2.05) is 27.7 Å². The summed E-state index contributed by atoms with van der Waals surface area (Å²) in [6, 6.07) is 4.72. The van der Waals surface area contributed by atoms with Gasteiger partial charge in [-0.1, -0.05) is 27.7 Å². The molecule has 1 aromatic carbocycles. The first-order valence-corrected chi connectivity index (χ1v) is 5.29. The van der Waals surface area contributed by atoms with Crippen LogP contribution in [0.5, 0.6) is 5.75 Å². The predicted octanol–water partition coefficient (Wildman–Crippen LogP) is 3.93. The minimum absolute atomic E-state index is 0.268. The second-order valence-electron chi connectivity index (χ2n) is 2.10. The van der Waals surface area contributed by atoms with Gasteiger partial charge in [0.15, 0.2) is 11.6 Å². The standard InChI is InChI=1S/C8H10FNO.2C2H6/c1-10-6-3-4-8(11-2)7(9)5-6;2*1-2/h3-5,10H,1-2H3;2*1-2H3. The summed E-state index contributed by atoms with van der Waals surface area (Å²) < 4.78 is 17.6. The summed E-state index contributed by atoms with van der Waals surface area (Å²) in [6.07, 6.45) is 0. The van der Waals surface area contributed by atoms with Crippen LogP contribution in [-0.4, -0.2) is 14.2 Å². The molecule has 0 heterocycles. The van der Waals surface area contributed by atoms with Gasteiger partial charge >= 0.3 is 0 Å². The second kappa shape index (κ2) is 10.8. The molecule has 0 amide bonds. The van der Waals surface area contributed by atoms with E-state index in [2.05, 4.69) is 5.32 Å². The molecule has 0 fully saturated rings. The van der Waals surface area contributed by atoms with Gasteiger partial charge in [0, 0.05) is 18.8 Å². The smallest absolute Gasteiger partial charge is 0.167 e. The van der Waals surface area contributed by atoms with E-state index in [1.54, 1.807) is 19.2 Å². The molecule has 3 heteroatoms. The third-order valence-electron chi connectivity index (χ3n) is 1.44. The van der Waals surface area contributed by atoms with Crippen molar-refractivity contribution in [3.05, 3.63) is 24.0 Å². The van der Waals surface area contributed by atoms with Crippen LogP contribution in [0.25, 0.3) is 0 Å². The first-order valence-electron chi connectivity index (χ1n) is 5.29. The maximum Gasteiger partial charge on any atom is 0.167 e. The Morgan fingerprint density at radius 3 is 2.00 bits per heavy atom. The van der Waals surface area contributed by atoms with Crippen molar-refractivity contribution in [1.29, 1.82) is 0 Å². The number of hydrogen-bond acceptors (Lipinski definition) is 2. The summed E-state index contributed by atoms with van der Waals surface area (Å²) in [7, 11) is 3.18. The number of nitrogens with one attached hydrogen (secondary N) is 1. The Balaban J connectivity index is 0. The highest BCUT2D eigenvalue weighted by molar-refractivity contribution is 5.46. The third-order valence-corrected chi connectivity index (χ3v) is 1.44. The van der Waals surface area contributed by atoms with Gasteiger partial charge in [-0.3, -0.25) is 0 Å². The molecule has 0 aliphatic heterocycles. The van der Waals surface area contributed by atoms with Crippen LogP contribution in [0.4, 0.5) is 10.1 Å². The van der Waals surface area contributed by atoms with Crippen LogP contribution >= 0.6 is 0 Å². The van der Waals surface area contributed by atoms with Crippen LogP contribution in [0.1, 0.15) is 27.7 Å². The molecule has 0 bridgehead atoms. The molecule has 88 valence electrons. The summed E-state index contributed by atoms with van der Waals surface area (Å²) >= 11 is 0. The van der Waals surface area contributed by atoms with Gasteiger partial charge in [-0.15, -0.1) is 0 Å². The van der Waals surface area contributed by atoms with E-state index in [9.17, 15) is 4.39 Å². The Morgan fingerprint density at radius 1 is 1.13 bits per heavy atom. The number of halogens is 1. The zero-order valence-electron chi connectivity index (χ0n) is 10.5. The van der Waals surface area contributed by atoms with Crippen LogP contribution in [0.2, 0.25) is 0 Å². The quantitative estimate of drug-likeness (QED) is 0.807. The van der Waals surface area contributed by atoms with E-state index in [0.717, 1.165) is 5.69 Å². The van der Waals surface area contributed by atoms with Gasteiger partial charge in [-0.05, 0) is 12.1 Å². The van der Waals surface area contributed by atoms with Gasteiger partial charge in [-0.2, -0.15) is 0 Å². The van der Waals surface area contributed by atoms with Gasteiger partial charge in [0.05, 0.1) is 7.11 Å². The number of anilines is 1. The Kier molecular flexibility index (Phi) is 11.7. The van der Waals surface area contributed by atoms with E-state index < -0.39 is 0 Å². The van der Waals surface area contributed by atoms with Gasteiger partial charge in [0.25, 0.3) is 0 Å². The number of ether oxygens (including phenoxy) is 1. The van der Waals surface area contributed by atoms with Crippen LogP contribution in [-0.2, 0) is 0 Å². The van der Waals surface area contributed by atoms with E-state index >= 15 is 0 Å². The Morgan fingerprint density at radius 2 is 1.67 bits per heavy atom. The Bertz CT molecular complexity index is 251. The van der Waals surface area contributed by atoms with Crippen LogP contribution in [0.15, 0.2) is 18.2 Å². The highest BCUT2D eigenvalue weighted by atomic mass is 19.1. The molecule has 15 heavy (non-hydrogen) atoms. The molecule has 0 aromatic heterocycles. The molecule has 0 atom stereocenters. The van der Waals surface area contributed by atoms with E-state index in [1.165, 1.54) is 13.2 Å². The number of hydrogen-bond donors (Lipinski definition) is 1. The first-order chi connectivity index (χ1) is 7.27. The minimum atomic E-state index is -0.348. The van der Waals surface area contributed by atoms with Gasteiger partial charge in [0.2, 0.25) is 0 Å². The molecule has 0 spiro atoms. The Hall–Kier alpha value is -1.25. The van der Waals surface area contributed by atoms with Crippen molar-refractivity contribution in [2.75, 3.05) is 19.5 Å². The molecule has 2 nitrogen and oxygen atoms in total. The van der Waals surface area contributed by atoms with Crippen molar-refractivity contribution in [2.24, 2.45) is 0 Å². The van der Waals surface area contributed by atoms with Gasteiger partial charge in [-0.25, -0.2) is 4.39 Å². The topological polar surface area (TPSA) is 21.3 Å². The largest absolute Gasteiger partial charge is 0.494 e. The molecule has 0 aliphatic rings.